The van der Waals surface area contributed by atoms with Crippen molar-refractivity contribution >= 4 is 5.82 Å². The number of piperidine rings is 1. The van der Waals surface area contributed by atoms with E-state index in [4.69, 9.17) is 0 Å². The first-order chi connectivity index (χ1) is 11.0. The number of rotatable bonds is 4. The largest absolute Gasteiger partial charge is 0.354 e. The quantitative estimate of drug-likeness (QED) is 0.937. The molecule has 0 spiro atoms. The minimum Gasteiger partial charge on any atom is -0.354 e. The Hall–Kier alpha value is -1.95. The summed E-state index contributed by atoms with van der Waals surface area (Å²) in [5.74, 6) is 0.972. The monoisotopic (exact) mass is 314 g/mol. The van der Waals surface area contributed by atoms with Crippen LogP contribution in [0, 0.1) is 0 Å². The van der Waals surface area contributed by atoms with Crippen molar-refractivity contribution in [1.29, 1.82) is 0 Å². The maximum atomic E-state index is 4.46. The van der Waals surface area contributed by atoms with Crippen LogP contribution in [-0.4, -0.2) is 39.1 Å². The Kier molecular flexibility index (Phi) is 4.61. The van der Waals surface area contributed by atoms with Gasteiger partial charge in [-0.1, -0.05) is 0 Å². The fourth-order valence-corrected chi connectivity index (χ4v) is 2.89. The van der Waals surface area contributed by atoms with E-state index in [1.54, 1.807) is 6.20 Å². The standard InChI is InChI=1S/C17H26N6/c1-17(2,3)23-12-14(11-20-23)10-18-15-6-5-9-22(13-15)16-7-4-8-19-21-16/h4,7-8,11-12,15,18H,5-6,9-10,13H2,1-3H3. The Balaban J connectivity index is 1.55. The number of hydrogen-bond acceptors (Lipinski definition) is 5. The highest BCUT2D eigenvalue weighted by Gasteiger charge is 2.21. The number of nitrogens with one attached hydrogen (secondary N) is 1. The zero-order valence-corrected chi connectivity index (χ0v) is 14.2. The Morgan fingerprint density at radius 2 is 2.22 bits per heavy atom. The first kappa shape index (κ1) is 15.9. The lowest BCUT2D eigenvalue weighted by atomic mass is 10.1. The highest BCUT2D eigenvalue weighted by atomic mass is 15.3. The Morgan fingerprint density at radius 1 is 1.35 bits per heavy atom. The highest BCUT2D eigenvalue weighted by Crippen LogP contribution is 2.17. The minimum atomic E-state index is 0.0336. The van der Waals surface area contributed by atoms with Crippen molar-refractivity contribution in [2.24, 2.45) is 0 Å². The maximum absolute atomic E-state index is 4.46. The lowest BCUT2D eigenvalue weighted by Crippen LogP contribution is -2.45. The second-order valence-corrected chi connectivity index (χ2v) is 7.21. The van der Waals surface area contributed by atoms with Crippen LogP contribution in [0.5, 0.6) is 0 Å². The molecule has 1 aliphatic heterocycles. The molecule has 3 rings (SSSR count). The third-order valence-corrected chi connectivity index (χ3v) is 4.22. The lowest BCUT2D eigenvalue weighted by Gasteiger charge is -2.33. The van der Waals surface area contributed by atoms with Gasteiger partial charge in [-0.05, 0) is 45.7 Å². The van der Waals surface area contributed by atoms with Gasteiger partial charge >= 0.3 is 0 Å². The van der Waals surface area contributed by atoms with Crippen LogP contribution in [0.1, 0.15) is 39.2 Å². The van der Waals surface area contributed by atoms with Gasteiger partial charge in [-0.3, -0.25) is 4.68 Å². The van der Waals surface area contributed by atoms with Crippen LogP contribution in [0.3, 0.4) is 0 Å². The van der Waals surface area contributed by atoms with E-state index in [2.05, 4.69) is 52.5 Å². The van der Waals surface area contributed by atoms with Crippen molar-refractivity contribution in [3.05, 3.63) is 36.3 Å². The predicted octanol–water partition coefficient (Wildman–Crippen LogP) is 2.19. The molecule has 0 aliphatic carbocycles. The molecule has 23 heavy (non-hydrogen) atoms. The average Bonchev–Trinajstić information content (AvgIpc) is 3.03. The summed E-state index contributed by atoms with van der Waals surface area (Å²) in [7, 11) is 0. The van der Waals surface area contributed by atoms with Gasteiger partial charge in [0, 0.05) is 43.6 Å². The van der Waals surface area contributed by atoms with E-state index in [0.29, 0.717) is 6.04 Å². The van der Waals surface area contributed by atoms with E-state index in [9.17, 15) is 0 Å². The van der Waals surface area contributed by atoms with Gasteiger partial charge in [0.1, 0.15) is 0 Å². The molecule has 0 saturated carbocycles. The molecule has 0 aromatic carbocycles. The van der Waals surface area contributed by atoms with E-state index in [0.717, 1.165) is 25.5 Å². The summed E-state index contributed by atoms with van der Waals surface area (Å²) in [6.07, 6.45) is 8.19. The third kappa shape index (κ3) is 4.07. The first-order valence-electron chi connectivity index (χ1n) is 8.32. The van der Waals surface area contributed by atoms with Crippen molar-refractivity contribution in [3.63, 3.8) is 0 Å². The van der Waals surface area contributed by atoms with Gasteiger partial charge in [0.05, 0.1) is 11.7 Å². The van der Waals surface area contributed by atoms with E-state index in [-0.39, 0.29) is 5.54 Å². The molecule has 6 heteroatoms. The molecule has 1 aliphatic rings. The van der Waals surface area contributed by atoms with Crippen LogP contribution < -0.4 is 10.2 Å². The summed E-state index contributed by atoms with van der Waals surface area (Å²) >= 11 is 0. The molecule has 1 fully saturated rings. The first-order valence-corrected chi connectivity index (χ1v) is 8.32. The molecule has 0 radical (unpaired) electrons. The molecule has 0 bridgehead atoms. The van der Waals surface area contributed by atoms with Gasteiger partial charge < -0.3 is 10.2 Å². The van der Waals surface area contributed by atoms with Gasteiger partial charge in [0.2, 0.25) is 0 Å². The molecule has 1 atom stereocenters. The third-order valence-electron chi connectivity index (χ3n) is 4.22. The summed E-state index contributed by atoms with van der Waals surface area (Å²) in [5, 5.41) is 16.3. The van der Waals surface area contributed by atoms with Crippen molar-refractivity contribution in [2.75, 3.05) is 18.0 Å². The number of anilines is 1. The fraction of sp³-hybridized carbons (Fsp3) is 0.588. The smallest absolute Gasteiger partial charge is 0.151 e. The average molecular weight is 314 g/mol. The van der Waals surface area contributed by atoms with Gasteiger partial charge in [-0.15, -0.1) is 5.10 Å². The molecular formula is C17H26N6. The van der Waals surface area contributed by atoms with Gasteiger partial charge in [0.15, 0.2) is 5.82 Å². The zero-order valence-electron chi connectivity index (χ0n) is 14.2. The number of aromatic nitrogens is 4. The Bertz CT molecular complexity index is 616. The van der Waals surface area contributed by atoms with Crippen molar-refractivity contribution < 1.29 is 0 Å². The van der Waals surface area contributed by atoms with Crippen molar-refractivity contribution in [1.82, 2.24) is 25.3 Å². The van der Waals surface area contributed by atoms with Crippen LogP contribution in [0.15, 0.2) is 30.7 Å². The Labute approximate surface area is 137 Å². The van der Waals surface area contributed by atoms with Gasteiger partial charge in [-0.2, -0.15) is 10.2 Å². The summed E-state index contributed by atoms with van der Waals surface area (Å²) in [5.41, 5.74) is 1.27. The summed E-state index contributed by atoms with van der Waals surface area (Å²) in [4.78, 5) is 2.31. The summed E-state index contributed by atoms with van der Waals surface area (Å²) in [6, 6.07) is 4.45. The molecule has 1 N–H and O–H groups in total. The van der Waals surface area contributed by atoms with E-state index >= 15 is 0 Å². The number of nitrogens with zero attached hydrogens (tertiary/aromatic N) is 5. The SMILES string of the molecule is CC(C)(C)n1cc(CNC2CCCN(c3cccnn3)C2)cn1. The molecule has 2 aromatic heterocycles. The molecule has 3 heterocycles. The van der Waals surface area contributed by atoms with Crippen LogP contribution in [-0.2, 0) is 12.1 Å². The topological polar surface area (TPSA) is 58.9 Å². The lowest BCUT2D eigenvalue weighted by molar-refractivity contribution is 0.355. The number of hydrogen-bond donors (Lipinski definition) is 1. The van der Waals surface area contributed by atoms with Crippen LogP contribution in [0.4, 0.5) is 5.82 Å². The van der Waals surface area contributed by atoms with Crippen LogP contribution in [0.2, 0.25) is 0 Å². The van der Waals surface area contributed by atoms with Crippen LogP contribution in [0.25, 0.3) is 0 Å². The van der Waals surface area contributed by atoms with Crippen molar-refractivity contribution in [2.45, 2.75) is 51.7 Å². The molecule has 124 valence electrons. The van der Waals surface area contributed by atoms with Crippen LogP contribution >= 0.6 is 0 Å². The second-order valence-electron chi connectivity index (χ2n) is 7.21. The summed E-state index contributed by atoms with van der Waals surface area (Å²) < 4.78 is 2.02. The zero-order chi connectivity index (χ0) is 16.3. The highest BCUT2D eigenvalue weighted by molar-refractivity contribution is 5.37. The molecular weight excluding hydrogens is 288 g/mol. The normalized spacial score (nSPS) is 19.1. The second kappa shape index (κ2) is 6.66. The Morgan fingerprint density at radius 3 is 2.91 bits per heavy atom. The molecule has 2 aromatic rings. The minimum absolute atomic E-state index is 0.0336. The fourth-order valence-electron chi connectivity index (χ4n) is 2.89. The molecule has 1 unspecified atom stereocenters. The van der Waals surface area contributed by atoms with E-state index < -0.39 is 0 Å². The maximum Gasteiger partial charge on any atom is 0.151 e. The predicted molar refractivity (Wildman–Crippen MR) is 91.3 cm³/mol. The van der Waals surface area contributed by atoms with E-state index in [1.165, 1.54) is 18.4 Å². The van der Waals surface area contributed by atoms with Crippen molar-refractivity contribution in [3.8, 4) is 0 Å². The molecule has 6 nitrogen and oxygen atoms in total. The molecule has 0 amide bonds. The summed E-state index contributed by atoms with van der Waals surface area (Å²) in [6.45, 7) is 9.38. The van der Waals surface area contributed by atoms with Gasteiger partial charge in [0.25, 0.3) is 0 Å². The molecule has 1 saturated heterocycles. The van der Waals surface area contributed by atoms with Gasteiger partial charge in [-0.25, -0.2) is 0 Å². The van der Waals surface area contributed by atoms with E-state index in [1.807, 2.05) is 23.0 Å².